The number of hydrogen-bond acceptors (Lipinski definition) is 5. The maximum absolute atomic E-state index is 9.72. The molecule has 0 amide bonds. The molecule has 77 valence electrons. The zero-order valence-corrected chi connectivity index (χ0v) is 7.90. The van der Waals surface area contributed by atoms with Gasteiger partial charge < -0.3 is 20.3 Å². The maximum Gasteiger partial charge on any atom is 0.133 e. The molecule has 1 fully saturated rings. The summed E-state index contributed by atoms with van der Waals surface area (Å²) in [5, 5.41) is 24.7. The molecule has 1 aliphatic rings. The van der Waals surface area contributed by atoms with Crippen molar-refractivity contribution in [3.8, 4) is 0 Å². The normalized spacial score (nSPS) is 37.4. The Balaban J connectivity index is 2.54. The van der Waals surface area contributed by atoms with E-state index in [2.05, 4.69) is 10.6 Å². The average molecular weight is 189 g/mol. The van der Waals surface area contributed by atoms with Gasteiger partial charge in [-0.3, -0.25) is 5.32 Å². The van der Waals surface area contributed by atoms with Crippen LogP contribution in [0.3, 0.4) is 0 Å². The molecular formula is C8H17N2O3. The van der Waals surface area contributed by atoms with Gasteiger partial charge in [-0.05, 0) is 20.5 Å². The lowest BCUT2D eigenvalue weighted by atomic mass is 9.99. The van der Waals surface area contributed by atoms with Crippen molar-refractivity contribution in [1.82, 2.24) is 10.6 Å². The van der Waals surface area contributed by atoms with E-state index < -0.39 is 18.4 Å². The molecule has 4 N–H and O–H groups in total. The van der Waals surface area contributed by atoms with Gasteiger partial charge in [0, 0.05) is 6.04 Å². The first-order valence-electron chi connectivity index (χ1n) is 4.38. The number of nitrogens with one attached hydrogen (secondary N) is 2. The number of aliphatic hydroxyl groups is 2. The second kappa shape index (κ2) is 4.88. The summed E-state index contributed by atoms with van der Waals surface area (Å²) < 4.78 is 5.15. The number of hydrogen-bond donors (Lipinski definition) is 4. The van der Waals surface area contributed by atoms with Crippen molar-refractivity contribution in [3.63, 3.8) is 0 Å². The highest BCUT2D eigenvalue weighted by Crippen LogP contribution is 2.18. The molecule has 0 spiro atoms. The van der Waals surface area contributed by atoms with Crippen LogP contribution in [-0.4, -0.2) is 48.8 Å². The topological polar surface area (TPSA) is 73.8 Å². The summed E-state index contributed by atoms with van der Waals surface area (Å²) in [7, 11) is 3.39. The Labute approximate surface area is 78.1 Å². The highest BCUT2D eigenvalue weighted by atomic mass is 16.5. The fourth-order valence-electron chi connectivity index (χ4n) is 1.43. The minimum absolute atomic E-state index is 0.0539. The molecule has 0 aromatic heterocycles. The summed E-state index contributed by atoms with van der Waals surface area (Å²) in [6.45, 7) is 1.61. The second-order valence-electron chi connectivity index (χ2n) is 3.12. The lowest BCUT2D eigenvalue weighted by Gasteiger charge is -2.36. The summed E-state index contributed by atoms with van der Waals surface area (Å²) in [5.41, 5.74) is 0. The quantitative estimate of drug-likeness (QED) is 0.403. The van der Waals surface area contributed by atoms with Crippen LogP contribution in [0.2, 0.25) is 0 Å². The monoisotopic (exact) mass is 189 g/mol. The lowest BCUT2D eigenvalue weighted by molar-refractivity contribution is -0.121. The van der Waals surface area contributed by atoms with Crippen molar-refractivity contribution in [3.05, 3.63) is 6.61 Å². The number of ether oxygens (including phenoxy) is 1. The third kappa shape index (κ3) is 2.38. The number of aliphatic hydroxyl groups excluding tert-OH is 2. The second-order valence-corrected chi connectivity index (χ2v) is 3.12. The first kappa shape index (κ1) is 10.9. The fraction of sp³-hybridized carbons (Fsp3) is 0.875. The van der Waals surface area contributed by atoms with Crippen LogP contribution in [0.4, 0.5) is 0 Å². The van der Waals surface area contributed by atoms with Gasteiger partial charge >= 0.3 is 0 Å². The highest BCUT2D eigenvalue weighted by Gasteiger charge is 2.36. The molecule has 4 atom stereocenters. The third-order valence-electron chi connectivity index (χ3n) is 2.33. The van der Waals surface area contributed by atoms with Gasteiger partial charge in [-0.25, -0.2) is 0 Å². The van der Waals surface area contributed by atoms with E-state index in [0.717, 1.165) is 0 Å². The van der Waals surface area contributed by atoms with Crippen LogP contribution in [0.1, 0.15) is 6.42 Å². The van der Waals surface area contributed by atoms with E-state index >= 15 is 0 Å². The molecule has 5 heteroatoms. The predicted octanol–water partition coefficient (Wildman–Crippen LogP) is -1.58. The highest BCUT2D eigenvalue weighted by molar-refractivity contribution is 4.91. The minimum atomic E-state index is -0.845. The number of rotatable bonds is 3. The van der Waals surface area contributed by atoms with Crippen LogP contribution in [0.5, 0.6) is 0 Å². The lowest BCUT2D eigenvalue weighted by Crippen LogP contribution is -2.56. The van der Waals surface area contributed by atoms with Gasteiger partial charge in [-0.2, -0.15) is 0 Å². The van der Waals surface area contributed by atoms with E-state index in [1.54, 1.807) is 20.7 Å². The molecule has 1 radical (unpaired) electrons. The van der Waals surface area contributed by atoms with Gasteiger partial charge in [-0.1, -0.05) is 0 Å². The largest absolute Gasteiger partial charge is 0.389 e. The van der Waals surface area contributed by atoms with Crippen LogP contribution in [0.15, 0.2) is 0 Å². The van der Waals surface area contributed by atoms with Gasteiger partial charge in [0.25, 0.3) is 0 Å². The summed E-state index contributed by atoms with van der Waals surface area (Å²) in [6, 6.07) is -0.0539. The molecule has 5 nitrogen and oxygen atoms in total. The molecule has 0 bridgehead atoms. The van der Waals surface area contributed by atoms with Gasteiger partial charge in [0.2, 0.25) is 0 Å². The molecule has 1 unspecified atom stereocenters. The SMILES string of the molecule is CNC(O)[C@@H]1O[CH]C[C@@H](NC)[C@H]1O. The predicted molar refractivity (Wildman–Crippen MR) is 47.7 cm³/mol. The van der Waals surface area contributed by atoms with Crippen LogP contribution in [-0.2, 0) is 4.74 Å². The van der Waals surface area contributed by atoms with Crippen LogP contribution < -0.4 is 10.6 Å². The van der Waals surface area contributed by atoms with Crippen molar-refractivity contribution in [2.75, 3.05) is 14.1 Å². The average Bonchev–Trinajstić information content (AvgIpc) is 2.17. The first-order valence-corrected chi connectivity index (χ1v) is 4.38. The zero-order valence-electron chi connectivity index (χ0n) is 7.90. The van der Waals surface area contributed by atoms with Gasteiger partial charge in [0.15, 0.2) is 0 Å². The summed E-state index contributed by atoms with van der Waals surface area (Å²) in [6.07, 6.45) is -1.50. The molecule has 1 rings (SSSR count). The van der Waals surface area contributed by atoms with E-state index in [9.17, 15) is 10.2 Å². The Morgan fingerprint density at radius 1 is 1.54 bits per heavy atom. The standard InChI is InChI=1S/C8H17N2O3/c1-9-5-3-4-13-7(6(5)11)8(12)10-2/h4-12H,3H2,1-2H3/t5-,6-,7-,8?/m1/s1. The number of likely N-dealkylation sites (N-methyl/N-ethyl adjacent to an activating group) is 2. The van der Waals surface area contributed by atoms with E-state index in [1.807, 2.05) is 0 Å². The Kier molecular flexibility index (Phi) is 4.08. The smallest absolute Gasteiger partial charge is 0.133 e. The molecule has 0 aromatic rings. The van der Waals surface area contributed by atoms with Gasteiger partial charge in [0.05, 0.1) is 12.7 Å². The van der Waals surface area contributed by atoms with Crippen molar-refractivity contribution < 1.29 is 14.9 Å². The van der Waals surface area contributed by atoms with Crippen LogP contribution in [0.25, 0.3) is 0 Å². The molecule has 1 saturated heterocycles. The molecule has 1 aliphatic heterocycles. The molecule has 0 saturated carbocycles. The van der Waals surface area contributed by atoms with Crippen molar-refractivity contribution >= 4 is 0 Å². The fourth-order valence-corrected chi connectivity index (χ4v) is 1.43. The Morgan fingerprint density at radius 2 is 2.23 bits per heavy atom. The molecule has 0 aliphatic carbocycles. The Bertz CT molecular complexity index is 156. The molecule has 1 heterocycles. The van der Waals surface area contributed by atoms with Gasteiger partial charge in [0.1, 0.15) is 12.3 Å². The summed E-state index contributed by atoms with van der Waals surface area (Å²) >= 11 is 0. The molecular weight excluding hydrogens is 172 g/mol. The Hall–Kier alpha value is -0.200. The van der Waals surface area contributed by atoms with E-state index in [1.165, 1.54) is 0 Å². The van der Waals surface area contributed by atoms with Crippen molar-refractivity contribution in [2.24, 2.45) is 0 Å². The maximum atomic E-state index is 9.72. The summed E-state index contributed by atoms with van der Waals surface area (Å²) in [4.78, 5) is 0. The van der Waals surface area contributed by atoms with E-state index in [-0.39, 0.29) is 6.04 Å². The van der Waals surface area contributed by atoms with Crippen LogP contribution in [0, 0.1) is 6.61 Å². The van der Waals surface area contributed by atoms with Crippen molar-refractivity contribution in [1.29, 1.82) is 0 Å². The molecule has 0 aromatic carbocycles. The van der Waals surface area contributed by atoms with E-state index in [0.29, 0.717) is 6.42 Å². The van der Waals surface area contributed by atoms with Crippen LogP contribution >= 0.6 is 0 Å². The molecule has 13 heavy (non-hydrogen) atoms. The van der Waals surface area contributed by atoms with Gasteiger partial charge in [-0.15, -0.1) is 0 Å². The van der Waals surface area contributed by atoms with E-state index in [4.69, 9.17) is 4.74 Å². The first-order chi connectivity index (χ1) is 6.20. The Morgan fingerprint density at radius 3 is 2.77 bits per heavy atom. The zero-order chi connectivity index (χ0) is 9.84. The van der Waals surface area contributed by atoms with Crippen molar-refractivity contribution in [2.45, 2.75) is 30.9 Å². The third-order valence-corrected chi connectivity index (χ3v) is 2.33. The summed E-state index contributed by atoms with van der Waals surface area (Å²) in [5.74, 6) is 0. The minimum Gasteiger partial charge on any atom is -0.389 e.